The first kappa shape index (κ1) is 19.5. The number of aliphatic hydroxyl groups is 1. The molecule has 2 aromatic rings. The van der Waals surface area contributed by atoms with E-state index in [-0.39, 0.29) is 22.7 Å². The third-order valence-electron chi connectivity index (χ3n) is 4.52. The molecule has 0 saturated heterocycles. The number of aliphatic hydroxyl groups excluding tert-OH is 1. The smallest absolute Gasteiger partial charge is 0.272 e. The van der Waals surface area contributed by atoms with E-state index in [1.807, 2.05) is 0 Å². The fraction of sp³-hybridized carbons (Fsp3) is 0.353. The topological polar surface area (TPSA) is 100 Å². The van der Waals surface area contributed by atoms with Crippen LogP contribution in [0.1, 0.15) is 29.4 Å². The van der Waals surface area contributed by atoms with Crippen LogP contribution in [-0.2, 0) is 23.5 Å². The van der Waals surface area contributed by atoms with Gasteiger partial charge in [-0.2, -0.15) is 0 Å². The molecule has 0 fully saturated rings. The summed E-state index contributed by atoms with van der Waals surface area (Å²) >= 11 is 0. The van der Waals surface area contributed by atoms with Crippen molar-refractivity contribution >= 4 is 21.6 Å². The zero-order valence-electron chi connectivity index (χ0n) is 14.7. The molecule has 27 heavy (non-hydrogen) atoms. The molecule has 1 aliphatic rings. The van der Waals surface area contributed by atoms with Crippen LogP contribution >= 0.6 is 0 Å². The van der Waals surface area contributed by atoms with Crippen molar-refractivity contribution in [3.8, 4) is 0 Å². The van der Waals surface area contributed by atoms with Gasteiger partial charge in [0.1, 0.15) is 10.6 Å². The molecule has 1 aliphatic heterocycles. The van der Waals surface area contributed by atoms with E-state index in [0.29, 0.717) is 12.0 Å². The van der Waals surface area contributed by atoms with Crippen molar-refractivity contribution in [2.45, 2.75) is 36.8 Å². The standard InChI is InChI=1S/C17H19F2N3O4S/c1-9(23)14-6-4-11-15(27(25,26)21-14)8-22(2)16(11)17(24)20-10-3-5-12(18)13(19)7-10/h3,5,7-9,14,21,23H,4,6H2,1-2H3,(H,20,24)/t9-,14?/m1/s1. The Morgan fingerprint density at radius 2 is 2.07 bits per heavy atom. The van der Waals surface area contributed by atoms with Crippen LogP contribution in [0.3, 0.4) is 0 Å². The third-order valence-corrected chi connectivity index (χ3v) is 6.07. The van der Waals surface area contributed by atoms with E-state index < -0.39 is 39.7 Å². The number of hydrogen-bond donors (Lipinski definition) is 3. The van der Waals surface area contributed by atoms with Crippen molar-refractivity contribution in [3.05, 3.63) is 47.3 Å². The summed E-state index contributed by atoms with van der Waals surface area (Å²) in [6.45, 7) is 1.49. The highest BCUT2D eigenvalue weighted by Crippen LogP contribution is 2.28. The number of halogens is 2. The SMILES string of the molecule is C[C@@H](O)C1CCc2c(cn(C)c2C(=O)Nc2ccc(F)c(F)c2)S(=O)(=O)N1. The molecule has 0 saturated carbocycles. The number of aryl methyl sites for hydroxylation is 1. The fourth-order valence-corrected chi connectivity index (χ4v) is 4.80. The van der Waals surface area contributed by atoms with Crippen LogP contribution in [0.4, 0.5) is 14.5 Å². The summed E-state index contributed by atoms with van der Waals surface area (Å²) in [5, 5.41) is 12.2. The molecule has 3 rings (SSSR count). The van der Waals surface area contributed by atoms with E-state index in [0.717, 1.165) is 12.1 Å². The maximum absolute atomic E-state index is 13.4. The van der Waals surface area contributed by atoms with E-state index in [9.17, 15) is 27.1 Å². The van der Waals surface area contributed by atoms with E-state index in [4.69, 9.17) is 0 Å². The first-order chi connectivity index (χ1) is 12.6. The number of nitrogens with zero attached hydrogens (tertiary/aromatic N) is 1. The number of carbonyl (C=O) groups is 1. The number of carbonyl (C=O) groups excluding carboxylic acids is 1. The van der Waals surface area contributed by atoms with Crippen molar-refractivity contribution in [3.63, 3.8) is 0 Å². The molecule has 0 spiro atoms. The minimum Gasteiger partial charge on any atom is -0.392 e. The van der Waals surface area contributed by atoms with Gasteiger partial charge in [0.25, 0.3) is 5.91 Å². The lowest BCUT2D eigenvalue weighted by Crippen LogP contribution is -2.40. The quantitative estimate of drug-likeness (QED) is 0.729. The van der Waals surface area contributed by atoms with Gasteiger partial charge in [-0.15, -0.1) is 0 Å². The lowest BCUT2D eigenvalue weighted by molar-refractivity contribution is 0.101. The molecule has 2 heterocycles. The number of amides is 1. The lowest BCUT2D eigenvalue weighted by Gasteiger charge is -2.18. The van der Waals surface area contributed by atoms with Crippen LogP contribution in [0, 0.1) is 11.6 Å². The van der Waals surface area contributed by atoms with Crippen molar-refractivity contribution in [1.82, 2.24) is 9.29 Å². The van der Waals surface area contributed by atoms with E-state index in [2.05, 4.69) is 10.0 Å². The number of rotatable bonds is 3. The third kappa shape index (κ3) is 3.73. The number of aromatic nitrogens is 1. The van der Waals surface area contributed by atoms with Crippen molar-refractivity contribution < 1.29 is 27.1 Å². The monoisotopic (exact) mass is 399 g/mol. The number of sulfonamides is 1. The van der Waals surface area contributed by atoms with Crippen molar-refractivity contribution in [1.29, 1.82) is 0 Å². The first-order valence-electron chi connectivity index (χ1n) is 8.25. The zero-order chi connectivity index (χ0) is 19.9. The minimum atomic E-state index is -3.91. The number of anilines is 1. The summed E-state index contributed by atoms with van der Waals surface area (Å²) in [6, 6.07) is 2.27. The number of benzene rings is 1. The van der Waals surface area contributed by atoms with Crippen LogP contribution in [0.25, 0.3) is 0 Å². The van der Waals surface area contributed by atoms with Gasteiger partial charge in [-0.05, 0) is 31.9 Å². The van der Waals surface area contributed by atoms with Crippen LogP contribution in [0.15, 0.2) is 29.3 Å². The van der Waals surface area contributed by atoms with Gasteiger partial charge in [-0.1, -0.05) is 0 Å². The second-order valence-corrected chi connectivity index (χ2v) is 8.20. The molecule has 3 N–H and O–H groups in total. The summed E-state index contributed by atoms with van der Waals surface area (Å²) in [7, 11) is -2.39. The molecule has 1 aromatic heterocycles. The number of hydrogen-bond acceptors (Lipinski definition) is 4. The van der Waals surface area contributed by atoms with Crippen LogP contribution in [-0.4, -0.2) is 36.1 Å². The number of fused-ring (bicyclic) bond motifs is 1. The number of nitrogens with one attached hydrogen (secondary N) is 2. The average molecular weight is 399 g/mol. The van der Waals surface area contributed by atoms with Gasteiger partial charge in [0.15, 0.2) is 11.6 Å². The predicted molar refractivity (Wildman–Crippen MR) is 93.8 cm³/mol. The van der Waals surface area contributed by atoms with Gasteiger partial charge < -0.3 is 15.0 Å². The normalized spacial score (nSPS) is 19.8. The summed E-state index contributed by atoms with van der Waals surface area (Å²) < 4.78 is 55.4. The summed E-state index contributed by atoms with van der Waals surface area (Å²) in [5.41, 5.74) is 0.463. The summed E-state index contributed by atoms with van der Waals surface area (Å²) in [4.78, 5) is 12.7. The Bertz CT molecular complexity index is 1000. The molecule has 0 bridgehead atoms. The lowest BCUT2D eigenvalue weighted by atomic mass is 10.0. The Kier molecular flexibility index (Phi) is 5.06. The van der Waals surface area contributed by atoms with Gasteiger partial charge in [0.2, 0.25) is 10.0 Å². The second-order valence-electron chi connectivity index (χ2n) is 6.52. The van der Waals surface area contributed by atoms with Gasteiger partial charge >= 0.3 is 0 Å². The minimum absolute atomic E-state index is 0.0383. The van der Waals surface area contributed by atoms with Gasteiger partial charge in [-0.3, -0.25) is 4.79 Å². The molecule has 1 aromatic carbocycles. The Hall–Kier alpha value is -2.30. The highest BCUT2D eigenvalue weighted by Gasteiger charge is 2.34. The van der Waals surface area contributed by atoms with Gasteiger partial charge in [-0.25, -0.2) is 21.9 Å². The maximum atomic E-state index is 13.4. The van der Waals surface area contributed by atoms with E-state index in [1.165, 1.54) is 30.8 Å². The molecule has 1 amide bonds. The van der Waals surface area contributed by atoms with Crippen LogP contribution < -0.4 is 10.0 Å². The molecular weight excluding hydrogens is 380 g/mol. The highest BCUT2D eigenvalue weighted by atomic mass is 32.2. The molecule has 146 valence electrons. The summed E-state index contributed by atoms with van der Waals surface area (Å²) in [6.07, 6.45) is 0.983. The Morgan fingerprint density at radius 3 is 2.70 bits per heavy atom. The zero-order valence-corrected chi connectivity index (χ0v) is 15.5. The molecular formula is C17H19F2N3O4S. The maximum Gasteiger partial charge on any atom is 0.272 e. The van der Waals surface area contributed by atoms with Crippen molar-refractivity contribution in [2.75, 3.05) is 5.32 Å². The van der Waals surface area contributed by atoms with E-state index in [1.54, 1.807) is 0 Å². The second kappa shape index (κ2) is 7.02. The Morgan fingerprint density at radius 1 is 1.37 bits per heavy atom. The Balaban J connectivity index is 1.97. The predicted octanol–water partition coefficient (Wildman–Crippen LogP) is 1.53. The van der Waals surface area contributed by atoms with Crippen LogP contribution in [0.2, 0.25) is 0 Å². The summed E-state index contributed by atoms with van der Waals surface area (Å²) in [5.74, 6) is -2.79. The molecule has 0 aliphatic carbocycles. The average Bonchev–Trinajstić information content (AvgIpc) is 2.85. The van der Waals surface area contributed by atoms with Crippen LogP contribution in [0.5, 0.6) is 0 Å². The Labute approximate surface area is 155 Å². The van der Waals surface area contributed by atoms with Gasteiger partial charge in [0, 0.05) is 36.6 Å². The molecule has 0 radical (unpaired) electrons. The molecule has 10 heteroatoms. The largest absolute Gasteiger partial charge is 0.392 e. The molecule has 1 unspecified atom stereocenters. The molecule has 7 nitrogen and oxygen atoms in total. The first-order valence-corrected chi connectivity index (χ1v) is 9.73. The van der Waals surface area contributed by atoms with Gasteiger partial charge in [0.05, 0.1) is 6.10 Å². The van der Waals surface area contributed by atoms with Crippen molar-refractivity contribution in [2.24, 2.45) is 7.05 Å². The van der Waals surface area contributed by atoms with E-state index >= 15 is 0 Å². The molecule has 2 atom stereocenters. The fourth-order valence-electron chi connectivity index (χ4n) is 3.14. The highest BCUT2D eigenvalue weighted by molar-refractivity contribution is 7.89.